The van der Waals surface area contributed by atoms with Crippen molar-refractivity contribution in [1.82, 2.24) is 10.5 Å². The monoisotopic (exact) mass is 388 g/mol. The van der Waals surface area contributed by atoms with Gasteiger partial charge < -0.3 is 19.3 Å². The largest absolute Gasteiger partial charge is 0.489 e. The number of hydrogen-bond donors (Lipinski definition) is 1. The van der Waals surface area contributed by atoms with Gasteiger partial charge in [0.1, 0.15) is 18.1 Å². The predicted molar refractivity (Wildman–Crippen MR) is 104 cm³/mol. The van der Waals surface area contributed by atoms with Gasteiger partial charge in [-0.3, -0.25) is 9.59 Å². The summed E-state index contributed by atoms with van der Waals surface area (Å²) < 4.78 is 15.5. The van der Waals surface area contributed by atoms with Crippen molar-refractivity contribution in [2.24, 2.45) is 0 Å². The van der Waals surface area contributed by atoms with E-state index in [-0.39, 0.29) is 11.9 Å². The van der Waals surface area contributed by atoms with Crippen LogP contribution >= 0.6 is 0 Å². The second kappa shape index (κ2) is 11.1. The Morgan fingerprint density at radius 3 is 2.50 bits per heavy atom. The summed E-state index contributed by atoms with van der Waals surface area (Å²) in [7, 11) is 1.39. The normalized spacial score (nSPS) is 10.5. The molecule has 1 aromatic heterocycles. The average molecular weight is 388 g/mol. The third-order valence-corrected chi connectivity index (χ3v) is 4.46. The number of esters is 1. The van der Waals surface area contributed by atoms with Gasteiger partial charge in [0.25, 0.3) is 0 Å². The van der Waals surface area contributed by atoms with Crippen LogP contribution in [0, 0.1) is 13.8 Å². The molecule has 7 nitrogen and oxygen atoms in total. The quantitative estimate of drug-likeness (QED) is 0.469. The number of carbonyl (C=O) groups is 2. The molecule has 0 aliphatic rings. The third kappa shape index (κ3) is 7.06. The maximum atomic E-state index is 12.0. The van der Waals surface area contributed by atoms with E-state index in [1.54, 1.807) is 0 Å². The van der Waals surface area contributed by atoms with Crippen LogP contribution in [0.15, 0.2) is 28.8 Å². The molecule has 0 unspecified atom stereocenters. The highest BCUT2D eigenvalue weighted by atomic mass is 16.5. The number of nitrogens with zero attached hydrogens (tertiary/aromatic N) is 1. The molecule has 152 valence electrons. The summed E-state index contributed by atoms with van der Waals surface area (Å²) in [6.07, 6.45) is 3.25. The minimum Gasteiger partial charge on any atom is -0.489 e. The van der Waals surface area contributed by atoms with Crippen molar-refractivity contribution in [3.63, 3.8) is 0 Å². The number of unbranched alkanes of at least 4 members (excludes halogenated alkanes) is 2. The fraction of sp³-hybridized carbons (Fsp3) is 0.476. The van der Waals surface area contributed by atoms with E-state index in [2.05, 4.69) is 15.2 Å². The second-order valence-electron chi connectivity index (χ2n) is 6.65. The number of aryl methyl sites for hydroxylation is 2. The van der Waals surface area contributed by atoms with Gasteiger partial charge in [0.05, 0.1) is 24.8 Å². The van der Waals surface area contributed by atoms with E-state index < -0.39 is 0 Å². The molecule has 0 radical (unpaired) electrons. The summed E-state index contributed by atoms with van der Waals surface area (Å²) in [5.41, 5.74) is 2.71. The van der Waals surface area contributed by atoms with Gasteiger partial charge >= 0.3 is 5.97 Å². The van der Waals surface area contributed by atoms with Crippen molar-refractivity contribution in [3.05, 3.63) is 46.8 Å². The summed E-state index contributed by atoms with van der Waals surface area (Å²) in [6.45, 7) is 4.76. The van der Waals surface area contributed by atoms with E-state index in [9.17, 15) is 9.59 Å². The topological polar surface area (TPSA) is 90.7 Å². The van der Waals surface area contributed by atoms with Crippen LogP contribution in [0.25, 0.3) is 0 Å². The molecule has 0 spiro atoms. The zero-order chi connectivity index (χ0) is 20.4. The Morgan fingerprint density at radius 1 is 1.11 bits per heavy atom. The van der Waals surface area contributed by atoms with E-state index in [4.69, 9.17) is 9.26 Å². The lowest BCUT2D eigenvalue weighted by molar-refractivity contribution is -0.140. The number of rotatable bonds is 11. The number of methoxy groups -OCH3 is 1. The minimum atomic E-state index is -0.192. The Morgan fingerprint density at radius 2 is 1.86 bits per heavy atom. The molecule has 7 heteroatoms. The number of benzene rings is 1. The molecule has 2 rings (SSSR count). The van der Waals surface area contributed by atoms with Gasteiger partial charge in [0.2, 0.25) is 5.91 Å². The SMILES string of the molecule is COC(=O)CCCCCNC(=O)Cc1ccc(OCc2c(C)noc2C)cc1. The zero-order valence-electron chi connectivity index (χ0n) is 16.7. The highest BCUT2D eigenvalue weighted by Crippen LogP contribution is 2.18. The van der Waals surface area contributed by atoms with E-state index in [1.165, 1.54) is 7.11 Å². The Bertz CT molecular complexity index is 748. The van der Waals surface area contributed by atoms with Crippen molar-refractivity contribution in [1.29, 1.82) is 0 Å². The van der Waals surface area contributed by atoms with Crippen LogP contribution in [0.2, 0.25) is 0 Å². The van der Waals surface area contributed by atoms with Crippen LogP contribution in [0.3, 0.4) is 0 Å². The fourth-order valence-electron chi connectivity index (χ4n) is 2.72. The maximum absolute atomic E-state index is 12.0. The van der Waals surface area contributed by atoms with Gasteiger partial charge in [-0.25, -0.2) is 0 Å². The van der Waals surface area contributed by atoms with Crippen molar-refractivity contribution in [2.45, 2.75) is 52.6 Å². The molecular weight excluding hydrogens is 360 g/mol. The molecule has 0 bridgehead atoms. The van der Waals surface area contributed by atoms with Gasteiger partial charge in [-0.1, -0.05) is 23.7 Å². The summed E-state index contributed by atoms with van der Waals surface area (Å²) in [5.74, 6) is 1.28. The number of aromatic nitrogens is 1. The Labute approximate surface area is 165 Å². The Hall–Kier alpha value is -2.83. The van der Waals surface area contributed by atoms with Gasteiger partial charge in [-0.05, 0) is 44.4 Å². The van der Waals surface area contributed by atoms with Crippen molar-refractivity contribution >= 4 is 11.9 Å². The van der Waals surface area contributed by atoms with Crippen LogP contribution in [0.5, 0.6) is 5.75 Å². The summed E-state index contributed by atoms with van der Waals surface area (Å²) in [4.78, 5) is 23.0. The zero-order valence-corrected chi connectivity index (χ0v) is 16.7. The smallest absolute Gasteiger partial charge is 0.305 e. The van der Waals surface area contributed by atoms with Gasteiger partial charge in [0, 0.05) is 13.0 Å². The Balaban J connectivity index is 1.66. The molecule has 0 aliphatic carbocycles. The molecule has 2 aromatic rings. The molecule has 0 atom stereocenters. The molecule has 1 amide bonds. The first-order valence-corrected chi connectivity index (χ1v) is 9.46. The lowest BCUT2D eigenvalue weighted by Gasteiger charge is -2.08. The maximum Gasteiger partial charge on any atom is 0.305 e. The summed E-state index contributed by atoms with van der Waals surface area (Å²) in [5, 5.41) is 6.81. The van der Waals surface area contributed by atoms with Crippen molar-refractivity contribution < 1.29 is 23.6 Å². The molecule has 28 heavy (non-hydrogen) atoms. The fourth-order valence-corrected chi connectivity index (χ4v) is 2.72. The molecule has 0 fully saturated rings. The molecule has 0 aliphatic heterocycles. The van der Waals surface area contributed by atoms with Crippen LogP contribution in [0.4, 0.5) is 0 Å². The highest BCUT2D eigenvalue weighted by Gasteiger charge is 2.10. The van der Waals surface area contributed by atoms with E-state index in [1.807, 2.05) is 38.1 Å². The number of hydrogen-bond acceptors (Lipinski definition) is 6. The highest BCUT2D eigenvalue weighted by molar-refractivity contribution is 5.78. The average Bonchev–Trinajstić information content (AvgIpc) is 3.01. The lowest BCUT2D eigenvalue weighted by Crippen LogP contribution is -2.26. The van der Waals surface area contributed by atoms with Crippen molar-refractivity contribution in [2.75, 3.05) is 13.7 Å². The predicted octanol–water partition coefficient (Wildman–Crippen LogP) is 3.26. The number of carbonyl (C=O) groups excluding carboxylic acids is 2. The van der Waals surface area contributed by atoms with Crippen LogP contribution < -0.4 is 10.1 Å². The van der Waals surface area contributed by atoms with Gasteiger partial charge in [0.15, 0.2) is 0 Å². The van der Waals surface area contributed by atoms with Crippen LogP contribution in [0.1, 0.15) is 48.3 Å². The molecule has 1 N–H and O–H groups in total. The van der Waals surface area contributed by atoms with E-state index >= 15 is 0 Å². The Kier molecular flexibility index (Phi) is 8.52. The van der Waals surface area contributed by atoms with E-state index in [0.29, 0.717) is 26.0 Å². The van der Waals surface area contributed by atoms with Crippen LogP contribution in [-0.2, 0) is 27.4 Å². The molecule has 0 saturated heterocycles. The molecule has 1 heterocycles. The first kappa shape index (κ1) is 21.5. The van der Waals surface area contributed by atoms with Crippen molar-refractivity contribution in [3.8, 4) is 5.75 Å². The first-order valence-electron chi connectivity index (χ1n) is 9.46. The second-order valence-corrected chi connectivity index (χ2v) is 6.65. The van der Waals surface area contributed by atoms with Gasteiger partial charge in [-0.2, -0.15) is 0 Å². The summed E-state index contributed by atoms with van der Waals surface area (Å²) >= 11 is 0. The van der Waals surface area contributed by atoms with Crippen LogP contribution in [-0.4, -0.2) is 30.7 Å². The molecular formula is C21H28N2O5. The molecule has 0 saturated carbocycles. The lowest BCUT2D eigenvalue weighted by atomic mass is 10.1. The number of amides is 1. The van der Waals surface area contributed by atoms with Gasteiger partial charge in [-0.15, -0.1) is 0 Å². The minimum absolute atomic E-state index is 0.0163. The number of nitrogens with one attached hydrogen (secondary N) is 1. The standard InChI is InChI=1S/C21H28N2O5/c1-15-19(16(2)28-23-15)14-27-18-10-8-17(9-11-18)13-20(24)22-12-6-4-5-7-21(25)26-3/h8-11H,4-7,12-14H2,1-3H3,(H,22,24). The first-order chi connectivity index (χ1) is 13.5. The molecule has 1 aromatic carbocycles. The van der Waals surface area contributed by atoms with E-state index in [0.717, 1.165) is 47.6 Å². The summed E-state index contributed by atoms with van der Waals surface area (Å²) in [6, 6.07) is 7.48. The third-order valence-electron chi connectivity index (χ3n) is 4.46. The number of ether oxygens (including phenoxy) is 2.